The van der Waals surface area contributed by atoms with E-state index < -0.39 is 0 Å². The van der Waals surface area contributed by atoms with Crippen LogP contribution in [-0.4, -0.2) is 18.0 Å². The molecule has 3 nitrogen and oxygen atoms in total. The Hall–Kier alpha value is -1.51. The van der Waals surface area contributed by atoms with E-state index in [0.29, 0.717) is 18.6 Å². The molecule has 14 heavy (non-hydrogen) atoms. The van der Waals surface area contributed by atoms with Crippen LogP contribution in [0.2, 0.25) is 0 Å². The number of carbonyl (C=O) groups is 1. The fraction of sp³-hybridized carbons (Fsp3) is 0.364. The Kier molecular flexibility index (Phi) is 3.51. The second kappa shape index (κ2) is 4.65. The fourth-order valence-electron chi connectivity index (χ4n) is 1.20. The molecule has 1 aromatic carbocycles. The van der Waals surface area contributed by atoms with Gasteiger partial charge in [-0.25, -0.2) is 0 Å². The van der Waals surface area contributed by atoms with E-state index in [2.05, 4.69) is 0 Å². The quantitative estimate of drug-likeness (QED) is 0.796. The molecule has 1 N–H and O–H groups in total. The van der Waals surface area contributed by atoms with Gasteiger partial charge in [-0.2, -0.15) is 0 Å². The topological polar surface area (TPSA) is 46.5 Å². The number of aryl methyl sites for hydroxylation is 1. The molecular weight excluding hydrogens is 180 g/mol. The molecule has 0 atom stereocenters. The Morgan fingerprint density at radius 2 is 2.21 bits per heavy atom. The van der Waals surface area contributed by atoms with E-state index >= 15 is 0 Å². The molecule has 0 saturated carbocycles. The van der Waals surface area contributed by atoms with Crippen LogP contribution in [0.5, 0.6) is 11.5 Å². The Morgan fingerprint density at radius 1 is 1.50 bits per heavy atom. The largest absolute Gasteiger partial charge is 0.504 e. The Labute approximate surface area is 83.3 Å². The lowest BCUT2D eigenvalue weighted by Gasteiger charge is -2.05. The van der Waals surface area contributed by atoms with Gasteiger partial charge < -0.3 is 14.6 Å². The predicted octanol–water partition coefficient (Wildman–Crippen LogP) is 1.92. The number of aromatic hydroxyl groups is 1. The van der Waals surface area contributed by atoms with Crippen LogP contribution < -0.4 is 4.74 Å². The van der Waals surface area contributed by atoms with Crippen molar-refractivity contribution >= 4 is 5.78 Å². The van der Waals surface area contributed by atoms with Crippen LogP contribution in [0.25, 0.3) is 0 Å². The van der Waals surface area contributed by atoms with E-state index in [-0.39, 0.29) is 11.5 Å². The average molecular weight is 194 g/mol. The average Bonchev–Trinajstić information content (AvgIpc) is 2.16. The standard InChI is InChI=1S/C11H14O3/c1-8(12)3-4-9-5-6-10(13)11(7-9)14-2/h5-7,13H,3-4H2,1-2H3. The molecule has 0 unspecified atom stereocenters. The maximum Gasteiger partial charge on any atom is 0.160 e. The summed E-state index contributed by atoms with van der Waals surface area (Å²) < 4.78 is 4.96. The normalized spacial score (nSPS) is 9.86. The van der Waals surface area contributed by atoms with E-state index in [9.17, 15) is 9.90 Å². The van der Waals surface area contributed by atoms with Gasteiger partial charge in [-0.1, -0.05) is 6.07 Å². The summed E-state index contributed by atoms with van der Waals surface area (Å²) in [4.78, 5) is 10.8. The number of phenolic OH excluding ortho intramolecular Hbond substituents is 1. The van der Waals surface area contributed by atoms with E-state index in [1.54, 1.807) is 25.1 Å². The molecule has 0 radical (unpaired) electrons. The van der Waals surface area contributed by atoms with Gasteiger partial charge in [-0.3, -0.25) is 0 Å². The van der Waals surface area contributed by atoms with Crippen molar-refractivity contribution in [3.63, 3.8) is 0 Å². The van der Waals surface area contributed by atoms with E-state index in [4.69, 9.17) is 4.74 Å². The Morgan fingerprint density at radius 3 is 2.79 bits per heavy atom. The van der Waals surface area contributed by atoms with Crippen LogP contribution in [-0.2, 0) is 11.2 Å². The van der Waals surface area contributed by atoms with Gasteiger partial charge >= 0.3 is 0 Å². The summed E-state index contributed by atoms with van der Waals surface area (Å²) >= 11 is 0. The van der Waals surface area contributed by atoms with Crippen LogP contribution in [0.4, 0.5) is 0 Å². The van der Waals surface area contributed by atoms with E-state index in [1.807, 2.05) is 0 Å². The molecule has 0 saturated heterocycles. The number of ketones is 1. The second-order valence-corrected chi connectivity index (χ2v) is 3.21. The molecule has 0 aliphatic rings. The molecule has 0 amide bonds. The van der Waals surface area contributed by atoms with Crippen molar-refractivity contribution in [2.45, 2.75) is 19.8 Å². The molecule has 1 rings (SSSR count). The van der Waals surface area contributed by atoms with Gasteiger partial charge in [0.1, 0.15) is 5.78 Å². The summed E-state index contributed by atoms with van der Waals surface area (Å²) in [5, 5.41) is 9.32. The van der Waals surface area contributed by atoms with E-state index in [0.717, 1.165) is 5.56 Å². The monoisotopic (exact) mass is 194 g/mol. The first-order valence-electron chi connectivity index (χ1n) is 4.49. The number of ether oxygens (including phenoxy) is 1. The van der Waals surface area contributed by atoms with Gasteiger partial charge in [0.15, 0.2) is 11.5 Å². The minimum Gasteiger partial charge on any atom is -0.504 e. The van der Waals surface area contributed by atoms with Gasteiger partial charge in [-0.15, -0.1) is 0 Å². The van der Waals surface area contributed by atoms with Crippen molar-refractivity contribution in [1.82, 2.24) is 0 Å². The Bertz CT molecular complexity index is 331. The summed E-state index contributed by atoms with van der Waals surface area (Å²) in [5.74, 6) is 0.738. The van der Waals surface area contributed by atoms with Crippen LogP contribution in [0.15, 0.2) is 18.2 Å². The van der Waals surface area contributed by atoms with Gasteiger partial charge in [0, 0.05) is 6.42 Å². The van der Waals surface area contributed by atoms with Crippen molar-refractivity contribution in [1.29, 1.82) is 0 Å². The third kappa shape index (κ3) is 2.76. The first-order chi connectivity index (χ1) is 6.63. The summed E-state index contributed by atoms with van der Waals surface area (Å²) in [6.07, 6.45) is 1.21. The van der Waals surface area contributed by atoms with Crippen molar-refractivity contribution in [3.05, 3.63) is 23.8 Å². The summed E-state index contributed by atoms with van der Waals surface area (Å²) in [6.45, 7) is 1.57. The number of carbonyl (C=O) groups excluding carboxylic acids is 1. The molecule has 0 spiro atoms. The lowest BCUT2D eigenvalue weighted by atomic mass is 10.1. The number of phenols is 1. The zero-order valence-electron chi connectivity index (χ0n) is 8.41. The number of hydrogen-bond donors (Lipinski definition) is 1. The molecule has 3 heteroatoms. The van der Waals surface area contributed by atoms with E-state index in [1.165, 1.54) is 7.11 Å². The molecule has 1 aromatic rings. The highest BCUT2D eigenvalue weighted by molar-refractivity contribution is 5.75. The minimum atomic E-state index is 0.124. The molecule has 0 fully saturated rings. The molecule has 76 valence electrons. The maximum atomic E-state index is 10.8. The summed E-state index contributed by atoms with van der Waals surface area (Å²) in [5.41, 5.74) is 0.995. The summed E-state index contributed by atoms with van der Waals surface area (Å²) in [6, 6.07) is 5.12. The number of rotatable bonds is 4. The lowest BCUT2D eigenvalue weighted by molar-refractivity contribution is -0.116. The molecule has 0 aromatic heterocycles. The number of Topliss-reactive ketones (excluding diaryl/α,β-unsaturated/α-hetero) is 1. The molecule has 0 bridgehead atoms. The third-order valence-electron chi connectivity index (χ3n) is 2.01. The smallest absolute Gasteiger partial charge is 0.160 e. The third-order valence-corrected chi connectivity index (χ3v) is 2.01. The van der Waals surface area contributed by atoms with Crippen molar-refractivity contribution in [2.24, 2.45) is 0 Å². The van der Waals surface area contributed by atoms with Crippen molar-refractivity contribution < 1.29 is 14.6 Å². The number of benzene rings is 1. The predicted molar refractivity (Wildman–Crippen MR) is 53.7 cm³/mol. The first kappa shape index (κ1) is 10.6. The highest BCUT2D eigenvalue weighted by Gasteiger charge is 2.03. The Balaban J connectivity index is 2.74. The van der Waals surface area contributed by atoms with Gasteiger partial charge in [0.05, 0.1) is 7.11 Å². The first-order valence-corrected chi connectivity index (χ1v) is 4.49. The zero-order chi connectivity index (χ0) is 10.6. The van der Waals surface area contributed by atoms with Crippen LogP contribution >= 0.6 is 0 Å². The molecule has 0 heterocycles. The van der Waals surface area contributed by atoms with Crippen molar-refractivity contribution in [3.8, 4) is 11.5 Å². The fourth-order valence-corrected chi connectivity index (χ4v) is 1.20. The van der Waals surface area contributed by atoms with Crippen LogP contribution in [0, 0.1) is 0 Å². The molecular formula is C11H14O3. The van der Waals surface area contributed by atoms with Gasteiger partial charge in [0.25, 0.3) is 0 Å². The van der Waals surface area contributed by atoms with Gasteiger partial charge in [0.2, 0.25) is 0 Å². The number of hydrogen-bond acceptors (Lipinski definition) is 3. The molecule has 0 aliphatic heterocycles. The highest BCUT2D eigenvalue weighted by Crippen LogP contribution is 2.26. The highest BCUT2D eigenvalue weighted by atomic mass is 16.5. The SMILES string of the molecule is COc1cc(CCC(C)=O)ccc1O. The lowest BCUT2D eigenvalue weighted by Crippen LogP contribution is -1.94. The zero-order valence-corrected chi connectivity index (χ0v) is 8.41. The second-order valence-electron chi connectivity index (χ2n) is 3.21. The number of methoxy groups -OCH3 is 1. The van der Waals surface area contributed by atoms with Gasteiger partial charge in [-0.05, 0) is 31.0 Å². The summed E-state index contributed by atoms with van der Waals surface area (Å²) in [7, 11) is 1.50. The minimum absolute atomic E-state index is 0.124. The van der Waals surface area contributed by atoms with Crippen LogP contribution in [0.3, 0.4) is 0 Å². The van der Waals surface area contributed by atoms with Crippen molar-refractivity contribution in [2.75, 3.05) is 7.11 Å². The maximum absolute atomic E-state index is 10.8. The molecule has 0 aliphatic carbocycles. The van der Waals surface area contributed by atoms with Crippen LogP contribution in [0.1, 0.15) is 18.9 Å².